The largest absolute Gasteiger partial charge is 0.472 e. The molecule has 3 nitrogen and oxygen atoms in total. The van der Waals surface area contributed by atoms with Crippen molar-refractivity contribution in [3.63, 3.8) is 0 Å². The topological polar surface area (TPSA) is 38.3 Å². The number of rotatable bonds is 4. The minimum Gasteiger partial charge on any atom is -0.472 e. The van der Waals surface area contributed by atoms with Gasteiger partial charge in [-0.15, -0.1) is 0 Å². The number of hydrogen-bond donors (Lipinski definition) is 1. The third-order valence-corrected chi connectivity index (χ3v) is 2.68. The molecule has 0 bridgehead atoms. The van der Waals surface area contributed by atoms with E-state index in [-0.39, 0.29) is 6.04 Å². The fourth-order valence-corrected chi connectivity index (χ4v) is 1.99. The molecule has 16 heavy (non-hydrogen) atoms. The second-order valence-corrected chi connectivity index (χ2v) is 3.92. The van der Waals surface area contributed by atoms with Crippen molar-refractivity contribution in [1.29, 1.82) is 0 Å². The van der Waals surface area contributed by atoms with Gasteiger partial charge in [-0.25, -0.2) is 0 Å². The molecule has 3 heteroatoms. The van der Waals surface area contributed by atoms with E-state index in [1.165, 1.54) is 5.56 Å². The molecule has 1 atom stereocenters. The molecule has 0 saturated heterocycles. The highest BCUT2D eigenvalue weighted by atomic mass is 16.3. The van der Waals surface area contributed by atoms with Crippen LogP contribution in [0.25, 0.3) is 0 Å². The van der Waals surface area contributed by atoms with Gasteiger partial charge in [0.1, 0.15) is 11.5 Å². The normalized spacial score (nSPS) is 12.9. The Morgan fingerprint density at radius 1 is 1.38 bits per heavy atom. The lowest BCUT2D eigenvalue weighted by atomic mass is 10.0. The Balaban J connectivity index is 2.36. The van der Waals surface area contributed by atoms with E-state index in [2.05, 4.69) is 18.3 Å². The maximum Gasteiger partial charge on any atom is 0.106 e. The van der Waals surface area contributed by atoms with Crippen molar-refractivity contribution in [1.82, 2.24) is 5.32 Å². The van der Waals surface area contributed by atoms with Gasteiger partial charge in [0.2, 0.25) is 0 Å². The minimum atomic E-state index is 0.154. The first-order valence-electron chi connectivity index (χ1n) is 5.54. The van der Waals surface area contributed by atoms with Crippen molar-refractivity contribution in [3.05, 3.63) is 47.3 Å². The molecular formula is C13H17NO2. The number of aryl methyl sites for hydroxylation is 2. The van der Waals surface area contributed by atoms with E-state index < -0.39 is 0 Å². The van der Waals surface area contributed by atoms with Crippen LogP contribution in [0, 0.1) is 13.8 Å². The van der Waals surface area contributed by atoms with E-state index in [0.717, 1.165) is 23.6 Å². The van der Waals surface area contributed by atoms with Gasteiger partial charge < -0.3 is 14.2 Å². The molecule has 0 aliphatic rings. The van der Waals surface area contributed by atoms with Crippen LogP contribution in [-0.2, 0) is 0 Å². The van der Waals surface area contributed by atoms with E-state index in [9.17, 15) is 0 Å². The average molecular weight is 219 g/mol. The molecule has 2 heterocycles. The van der Waals surface area contributed by atoms with Gasteiger partial charge >= 0.3 is 0 Å². The summed E-state index contributed by atoms with van der Waals surface area (Å²) in [6.45, 7) is 6.95. The van der Waals surface area contributed by atoms with Gasteiger partial charge in [0.05, 0.1) is 18.6 Å². The molecule has 0 amide bonds. The summed E-state index contributed by atoms with van der Waals surface area (Å²) in [5.74, 6) is 1.91. The highest BCUT2D eigenvalue weighted by molar-refractivity contribution is 5.32. The molecule has 2 aromatic rings. The molecule has 0 aliphatic carbocycles. The van der Waals surface area contributed by atoms with Crippen LogP contribution in [0.5, 0.6) is 0 Å². The van der Waals surface area contributed by atoms with Crippen LogP contribution in [0.2, 0.25) is 0 Å². The third-order valence-electron chi connectivity index (χ3n) is 2.68. The summed E-state index contributed by atoms with van der Waals surface area (Å²) in [6, 6.07) is 4.21. The monoisotopic (exact) mass is 219 g/mol. The first-order valence-corrected chi connectivity index (χ1v) is 5.54. The minimum absolute atomic E-state index is 0.154. The van der Waals surface area contributed by atoms with Crippen molar-refractivity contribution in [3.8, 4) is 0 Å². The number of furan rings is 2. The third kappa shape index (κ3) is 2.04. The van der Waals surface area contributed by atoms with Crippen LogP contribution >= 0.6 is 0 Å². The van der Waals surface area contributed by atoms with Gasteiger partial charge in [0, 0.05) is 11.1 Å². The first-order chi connectivity index (χ1) is 7.72. The fourth-order valence-electron chi connectivity index (χ4n) is 1.99. The Morgan fingerprint density at radius 2 is 2.19 bits per heavy atom. The Hall–Kier alpha value is -1.48. The lowest BCUT2D eigenvalue weighted by Crippen LogP contribution is -2.21. The van der Waals surface area contributed by atoms with Crippen LogP contribution in [0.15, 0.2) is 33.5 Å². The molecule has 0 spiro atoms. The van der Waals surface area contributed by atoms with Crippen LogP contribution in [0.4, 0.5) is 0 Å². The van der Waals surface area contributed by atoms with Gasteiger partial charge in [0.15, 0.2) is 0 Å². The molecule has 1 unspecified atom stereocenters. The second kappa shape index (κ2) is 4.58. The lowest BCUT2D eigenvalue weighted by Gasteiger charge is -2.15. The SMILES string of the molecule is CCNC(c1ccoc1)c1cc(C)oc1C. The standard InChI is InChI=1S/C13H17NO2/c1-4-14-13(11-5-6-15-8-11)12-7-9(2)16-10(12)3/h5-8,13-14H,4H2,1-3H3. The molecule has 2 aromatic heterocycles. The molecular weight excluding hydrogens is 202 g/mol. The van der Waals surface area contributed by atoms with Crippen LogP contribution in [0.1, 0.15) is 35.6 Å². The Kier molecular flexibility index (Phi) is 3.15. The van der Waals surface area contributed by atoms with Gasteiger partial charge in [-0.05, 0) is 32.5 Å². The maximum absolute atomic E-state index is 5.57. The molecule has 0 saturated carbocycles. The highest BCUT2D eigenvalue weighted by Crippen LogP contribution is 2.27. The molecule has 1 N–H and O–H groups in total. The molecule has 86 valence electrons. The van der Waals surface area contributed by atoms with E-state index in [1.54, 1.807) is 12.5 Å². The summed E-state index contributed by atoms with van der Waals surface area (Å²) < 4.78 is 10.7. The Labute approximate surface area is 95.5 Å². The van der Waals surface area contributed by atoms with Gasteiger partial charge in [-0.2, -0.15) is 0 Å². The highest BCUT2D eigenvalue weighted by Gasteiger charge is 2.18. The van der Waals surface area contributed by atoms with E-state index in [4.69, 9.17) is 8.83 Å². The van der Waals surface area contributed by atoms with Crippen molar-refractivity contribution >= 4 is 0 Å². The van der Waals surface area contributed by atoms with Gasteiger partial charge in [-0.1, -0.05) is 6.92 Å². The number of nitrogens with one attached hydrogen (secondary N) is 1. The van der Waals surface area contributed by atoms with E-state index in [0.29, 0.717) is 0 Å². The van der Waals surface area contributed by atoms with E-state index >= 15 is 0 Å². The van der Waals surface area contributed by atoms with Crippen molar-refractivity contribution in [2.45, 2.75) is 26.8 Å². The predicted molar refractivity (Wildman–Crippen MR) is 62.4 cm³/mol. The Bertz CT molecular complexity index is 442. The molecule has 0 aromatic carbocycles. The van der Waals surface area contributed by atoms with Gasteiger partial charge in [0.25, 0.3) is 0 Å². The zero-order chi connectivity index (χ0) is 11.5. The zero-order valence-electron chi connectivity index (χ0n) is 9.91. The van der Waals surface area contributed by atoms with Crippen molar-refractivity contribution < 1.29 is 8.83 Å². The smallest absolute Gasteiger partial charge is 0.106 e. The first kappa shape index (κ1) is 11.0. The van der Waals surface area contributed by atoms with Crippen molar-refractivity contribution in [2.75, 3.05) is 6.54 Å². The zero-order valence-corrected chi connectivity index (χ0v) is 9.91. The van der Waals surface area contributed by atoms with Crippen LogP contribution in [0.3, 0.4) is 0 Å². The summed E-state index contributed by atoms with van der Waals surface area (Å²) in [7, 11) is 0. The summed E-state index contributed by atoms with van der Waals surface area (Å²) in [5, 5.41) is 3.44. The Morgan fingerprint density at radius 3 is 2.69 bits per heavy atom. The average Bonchev–Trinajstić information content (AvgIpc) is 2.85. The maximum atomic E-state index is 5.57. The summed E-state index contributed by atoms with van der Waals surface area (Å²) in [6.07, 6.45) is 3.47. The summed E-state index contributed by atoms with van der Waals surface area (Å²) >= 11 is 0. The predicted octanol–water partition coefficient (Wildman–Crippen LogP) is 3.19. The molecule has 2 rings (SSSR count). The molecule has 0 radical (unpaired) electrons. The van der Waals surface area contributed by atoms with Crippen LogP contribution < -0.4 is 5.32 Å². The molecule has 0 aliphatic heterocycles. The van der Waals surface area contributed by atoms with E-state index in [1.807, 2.05) is 19.9 Å². The number of hydrogen-bond acceptors (Lipinski definition) is 3. The summed E-state index contributed by atoms with van der Waals surface area (Å²) in [5.41, 5.74) is 2.31. The molecule has 0 fully saturated rings. The summed E-state index contributed by atoms with van der Waals surface area (Å²) in [4.78, 5) is 0. The lowest BCUT2D eigenvalue weighted by molar-refractivity contribution is 0.494. The van der Waals surface area contributed by atoms with Gasteiger partial charge in [-0.3, -0.25) is 0 Å². The second-order valence-electron chi connectivity index (χ2n) is 3.92. The van der Waals surface area contributed by atoms with Crippen LogP contribution in [-0.4, -0.2) is 6.54 Å². The fraction of sp³-hybridized carbons (Fsp3) is 0.385. The van der Waals surface area contributed by atoms with Crippen molar-refractivity contribution in [2.24, 2.45) is 0 Å². The quantitative estimate of drug-likeness (QED) is 0.858.